The molecule has 132 valence electrons. The van der Waals surface area contributed by atoms with Gasteiger partial charge in [0, 0.05) is 24.5 Å². The van der Waals surface area contributed by atoms with E-state index in [0.29, 0.717) is 19.4 Å². The van der Waals surface area contributed by atoms with Gasteiger partial charge in [0.25, 0.3) is 0 Å². The molecule has 0 bridgehead atoms. The number of hydrogen-bond donors (Lipinski definition) is 1. The van der Waals surface area contributed by atoms with Crippen LogP contribution in [0, 0.1) is 0 Å². The summed E-state index contributed by atoms with van der Waals surface area (Å²) in [4.78, 5) is 16.6. The van der Waals surface area contributed by atoms with Crippen molar-refractivity contribution in [3.05, 3.63) is 65.9 Å². The van der Waals surface area contributed by atoms with E-state index in [1.807, 2.05) is 30.3 Å². The predicted molar refractivity (Wildman–Crippen MR) is 99.3 cm³/mol. The number of rotatable bonds is 6. The highest BCUT2D eigenvalue weighted by molar-refractivity contribution is 5.81. The van der Waals surface area contributed by atoms with E-state index in [9.17, 15) is 4.79 Å². The monoisotopic (exact) mass is 348 g/mol. The molecule has 1 aromatic heterocycles. The fraction of sp³-hybridized carbons (Fsp3) is 0.238. The van der Waals surface area contributed by atoms with Gasteiger partial charge in [0.1, 0.15) is 0 Å². The van der Waals surface area contributed by atoms with Crippen molar-refractivity contribution < 1.29 is 14.3 Å². The predicted octanol–water partition coefficient (Wildman–Crippen LogP) is 3.26. The Morgan fingerprint density at radius 1 is 1.04 bits per heavy atom. The van der Waals surface area contributed by atoms with Gasteiger partial charge < -0.3 is 14.8 Å². The number of carbonyl (C=O) groups excluding carboxylic acids is 1. The number of aromatic nitrogens is 1. The molecule has 4 rings (SSSR count). The molecule has 0 radical (unpaired) electrons. The molecule has 1 amide bonds. The Kier molecular flexibility index (Phi) is 4.69. The fourth-order valence-electron chi connectivity index (χ4n) is 3.15. The number of benzene rings is 2. The molecule has 1 aliphatic rings. The zero-order chi connectivity index (χ0) is 17.8. The summed E-state index contributed by atoms with van der Waals surface area (Å²) in [7, 11) is 0. The van der Waals surface area contributed by atoms with Crippen LogP contribution in [0.15, 0.2) is 54.7 Å². The molecule has 0 atom stereocenters. The Balaban J connectivity index is 1.27. The maximum absolute atomic E-state index is 12.1. The van der Waals surface area contributed by atoms with E-state index in [0.717, 1.165) is 39.9 Å². The van der Waals surface area contributed by atoms with Crippen LogP contribution in [0.3, 0.4) is 0 Å². The van der Waals surface area contributed by atoms with Gasteiger partial charge >= 0.3 is 0 Å². The van der Waals surface area contributed by atoms with Gasteiger partial charge in [-0.3, -0.25) is 9.78 Å². The molecule has 0 aliphatic carbocycles. The zero-order valence-corrected chi connectivity index (χ0v) is 14.4. The smallest absolute Gasteiger partial charge is 0.231 e. The molecule has 1 N–H and O–H groups in total. The van der Waals surface area contributed by atoms with E-state index in [4.69, 9.17) is 9.47 Å². The molecule has 2 aromatic carbocycles. The molecule has 0 spiro atoms. The fourth-order valence-corrected chi connectivity index (χ4v) is 3.15. The molecule has 5 heteroatoms. The lowest BCUT2D eigenvalue weighted by Crippen LogP contribution is -2.25. The number of fused-ring (bicyclic) bond motifs is 2. The van der Waals surface area contributed by atoms with Crippen LogP contribution in [0.4, 0.5) is 0 Å². The van der Waals surface area contributed by atoms with Crippen molar-refractivity contribution in [1.29, 1.82) is 0 Å². The van der Waals surface area contributed by atoms with Crippen LogP contribution >= 0.6 is 0 Å². The Morgan fingerprint density at radius 2 is 1.92 bits per heavy atom. The van der Waals surface area contributed by atoms with Crippen molar-refractivity contribution in [2.45, 2.75) is 19.3 Å². The second-order valence-corrected chi connectivity index (χ2v) is 6.28. The van der Waals surface area contributed by atoms with Crippen molar-refractivity contribution in [3.8, 4) is 11.5 Å². The van der Waals surface area contributed by atoms with E-state index in [2.05, 4.69) is 28.5 Å². The molecule has 26 heavy (non-hydrogen) atoms. The number of para-hydroxylation sites is 1. The van der Waals surface area contributed by atoms with Crippen LogP contribution < -0.4 is 14.8 Å². The first-order chi connectivity index (χ1) is 12.8. The van der Waals surface area contributed by atoms with Gasteiger partial charge in [-0.1, -0.05) is 30.3 Å². The second kappa shape index (κ2) is 7.44. The minimum atomic E-state index is 0.0517. The van der Waals surface area contributed by atoms with Crippen molar-refractivity contribution in [1.82, 2.24) is 10.3 Å². The summed E-state index contributed by atoms with van der Waals surface area (Å²) in [5, 5.41) is 4.12. The first-order valence-electron chi connectivity index (χ1n) is 8.77. The number of carbonyl (C=O) groups is 1. The third kappa shape index (κ3) is 3.61. The lowest BCUT2D eigenvalue weighted by atomic mass is 10.1. The number of amides is 1. The van der Waals surface area contributed by atoms with E-state index in [1.165, 1.54) is 0 Å². The zero-order valence-electron chi connectivity index (χ0n) is 14.4. The van der Waals surface area contributed by atoms with Crippen molar-refractivity contribution in [2.24, 2.45) is 0 Å². The Bertz CT molecular complexity index is 934. The Morgan fingerprint density at radius 3 is 2.88 bits per heavy atom. The molecule has 2 heterocycles. The maximum Gasteiger partial charge on any atom is 0.231 e. The van der Waals surface area contributed by atoms with Gasteiger partial charge in [0.2, 0.25) is 12.7 Å². The van der Waals surface area contributed by atoms with Crippen LogP contribution in [-0.4, -0.2) is 24.2 Å². The quantitative estimate of drug-likeness (QED) is 0.743. The van der Waals surface area contributed by atoms with E-state index in [-0.39, 0.29) is 12.7 Å². The molecule has 0 fully saturated rings. The minimum Gasteiger partial charge on any atom is -0.454 e. The van der Waals surface area contributed by atoms with Crippen LogP contribution in [0.25, 0.3) is 10.9 Å². The highest BCUT2D eigenvalue weighted by Gasteiger charge is 2.13. The molecule has 1 aliphatic heterocycles. The van der Waals surface area contributed by atoms with Gasteiger partial charge in [0.05, 0.1) is 5.52 Å². The molecule has 0 unspecified atom stereocenters. The van der Waals surface area contributed by atoms with E-state index >= 15 is 0 Å². The summed E-state index contributed by atoms with van der Waals surface area (Å²) in [5.41, 5.74) is 3.23. The van der Waals surface area contributed by atoms with Gasteiger partial charge in [-0.25, -0.2) is 0 Å². The van der Waals surface area contributed by atoms with Gasteiger partial charge in [-0.15, -0.1) is 0 Å². The van der Waals surface area contributed by atoms with Crippen molar-refractivity contribution in [2.75, 3.05) is 13.3 Å². The largest absolute Gasteiger partial charge is 0.454 e. The molecule has 0 saturated heterocycles. The summed E-state index contributed by atoms with van der Waals surface area (Å²) in [6.45, 7) is 0.873. The van der Waals surface area contributed by atoms with Crippen molar-refractivity contribution >= 4 is 16.8 Å². The second-order valence-electron chi connectivity index (χ2n) is 6.28. The van der Waals surface area contributed by atoms with Gasteiger partial charge in [-0.2, -0.15) is 0 Å². The average Bonchev–Trinajstić information content (AvgIpc) is 3.14. The summed E-state index contributed by atoms with van der Waals surface area (Å²) >= 11 is 0. The van der Waals surface area contributed by atoms with Crippen LogP contribution in [0.5, 0.6) is 11.5 Å². The third-order valence-electron chi connectivity index (χ3n) is 4.51. The third-order valence-corrected chi connectivity index (χ3v) is 4.51. The number of nitrogens with one attached hydrogen (secondary N) is 1. The lowest BCUT2D eigenvalue weighted by Gasteiger charge is -2.08. The van der Waals surface area contributed by atoms with Gasteiger partial charge in [-0.05, 0) is 42.2 Å². The number of nitrogens with zero attached hydrogens (tertiary/aromatic N) is 1. The summed E-state index contributed by atoms with van der Waals surface area (Å²) < 4.78 is 10.7. The normalized spacial score (nSPS) is 12.3. The summed E-state index contributed by atoms with van der Waals surface area (Å²) in [6, 6.07) is 15.9. The molecular formula is C21H20N2O3. The van der Waals surface area contributed by atoms with Crippen molar-refractivity contribution in [3.63, 3.8) is 0 Å². The standard InChI is InChI=1S/C21H20N2O3/c24-20(9-7-15-6-8-18-19(13-15)26-14-25-18)22-12-10-17-4-1-3-16-5-2-11-23-21(16)17/h1-6,8,11,13H,7,9-10,12,14H2,(H,22,24). The highest BCUT2D eigenvalue weighted by atomic mass is 16.7. The number of aryl methyl sites for hydroxylation is 1. The first-order valence-corrected chi connectivity index (χ1v) is 8.77. The van der Waals surface area contributed by atoms with E-state index in [1.54, 1.807) is 6.20 Å². The Labute approximate surface area is 152 Å². The minimum absolute atomic E-state index is 0.0517. The topological polar surface area (TPSA) is 60.5 Å². The first kappa shape index (κ1) is 16.4. The Hall–Kier alpha value is -3.08. The average molecular weight is 348 g/mol. The number of ether oxygens (including phenoxy) is 2. The lowest BCUT2D eigenvalue weighted by molar-refractivity contribution is -0.121. The molecule has 5 nitrogen and oxygen atoms in total. The van der Waals surface area contributed by atoms with E-state index < -0.39 is 0 Å². The molecule has 3 aromatic rings. The number of hydrogen-bond acceptors (Lipinski definition) is 4. The highest BCUT2D eigenvalue weighted by Crippen LogP contribution is 2.32. The summed E-state index contributed by atoms with van der Waals surface area (Å²) in [5.74, 6) is 1.57. The van der Waals surface area contributed by atoms with Crippen LogP contribution in [-0.2, 0) is 17.6 Å². The number of pyridine rings is 1. The SMILES string of the molecule is O=C(CCc1ccc2c(c1)OCO2)NCCc1cccc2cccnc12. The van der Waals surface area contributed by atoms with Crippen LogP contribution in [0.1, 0.15) is 17.5 Å². The maximum atomic E-state index is 12.1. The molecular weight excluding hydrogens is 328 g/mol. The van der Waals surface area contributed by atoms with Gasteiger partial charge in [0.15, 0.2) is 11.5 Å². The summed E-state index contributed by atoms with van der Waals surface area (Å²) in [6.07, 6.45) is 3.70. The molecule has 0 saturated carbocycles. The van der Waals surface area contributed by atoms with Crippen LogP contribution in [0.2, 0.25) is 0 Å².